The second-order valence-electron chi connectivity index (χ2n) is 5.71. The molecule has 4 heteroatoms. The molecule has 2 aliphatic rings. The van der Waals surface area contributed by atoms with E-state index < -0.39 is 5.41 Å². The Bertz CT molecular complexity index is 317. The zero-order valence-corrected chi connectivity index (χ0v) is 10.8. The molecular formula is C12H20N2OS. The van der Waals surface area contributed by atoms with Gasteiger partial charge >= 0.3 is 0 Å². The first-order chi connectivity index (χ1) is 7.44. The van der Waals surface area contributed by atoms with E-state index in [2.05, 4.69) is 19.2 Å². The zero-order valence-electron chi connectivity index (χ0n) is 9.95. The summed E-state index contributed by atoms with van der Waals surface area (Å²) in [6.45, 7) is 4.34. The topological polar surface area (TPSA) is 55.1 Å². The second-order valence-corrected chi connectivity index (χ2v) is 6.15. The van der Waals surface area contributed by atoms with Gasteiger partial charge in [-0.05, 0) is 37.5 Å². The predicted octanol–water partition coefficient (Wildman–Crippen LogP) is 1.60. The molecule has 2 fully saturated rings. The van der Waals surface area contributed by atoms with Crippen molar-refractivity contribution in [2.45, 2.75) is 45.6 Å². The van der Waals surface area contributed by atoms with Gasteiger partial charge in [0.2, 0.25) is 5.91 Å². The third-order valence-corrected chi connectivity index (χ3v) is 4.40. The van der Waals surface area contributed by atoms with Gasteiger partial charge in [-0.3, -0.25) is 4.79 Å². The number of hydrogen-bond donors (Lipinski definition) is 2. The molecule has 0 saturated heterocycles. The normalized spacial score (nSPS) is 41.8. The highest BCUT2D eigenvalue weighted by molar-refractivity contribution is 7.80. The average molecular weight is 240 g/mol. The number of carbonyl (C=O) groups excluding carboxylic acids is 1. The first-order valence-corrected chi connectivity index (χ1v) is 6.46. The van der Waals surface area contributed by atoms with Gasteiger partial charge in [-0.15, -0.1) is 0 Å². The lowest BCUT2D eigenvalue weighted by Gasteiger charge is -2.46. The summed E-state index contributed by atoms with van der Waals surface area (Å²) >= 11 is 5.06. The van der Waals surface area contributed by atoms with Crippen molar-refractivity contribution in [1.29, 1.82) is 0 Å². The lowest BCUT2D eigenvalue weighted by molar-refractivity contribution is -0.134. The maximum atomic E-state index is 12.2. The third-order valence-electron chi connectivity index (χ3n) is 4.01. The van der Waals surface area contributed by atoms with Crippen LogP contribution < -0.4 is 11.1 Å². The van der Waals surface area contributed by atoms with Crippen molar-refractivity contribution in [2.75, 3.05) is 0 Å². The van der Waals surface area contributed by atoms with Gasteiger partial charge in [0, 0.05) is 6.04 Å². The lowest BCUT2D eigenvalue weighted by atomic mass is 9.61. The number of nitrogens with two attached hydrogens (primary N) is 1. The maximum absolute atomic E-state index is 12.2. The van der Waals surface area contributed by atoms with Gasteiger partial charge < -0.3 is 11.1 Å². The largest absolute Gasteiger partial charge is 0.392 e. The van der Waals surface area contributed by atoms with Gasteiger partial charge in [0.05, 0.1) is 10.4 Å². The molecule has 0 heterocycles. The SMILES string of the molecule is CC1CC(NC(=O)C2(C(N)=S)CC(C)C2)C1. The highest BCUT2D eigenvalue weighted by Gasteiger charge is 2.51. The number of thiocarbonyl (C=S) groups is 1. The molecule has 90 valence electrons. The smallest absolute Gasteiger partial charge is 0.233 e. The average Bonchev–Trinajstić information content (AvgIpc) is 2.09. The molecule has 2 rings (SSSR count). The van der Waals surface area contributed by atoms with E-state index in [0.717, 1.165) is 31.6 Å². The second kappa shape index (κ2) is 3.99. The Hall–Kier alpha value is -0.640. The lowest BCUT2D eigenvalue weighted by Crippen LogP contribution is -2.59. The molecule has 3 N–H and O–H groups in total. The standard InChI is InChI=1S/C12H20N2OS/c1-7-3-9(4-7)14-11(15)12(10(13)16)5-8(2)6-12/h7-9H,3-6H2,1-2H3,(H2,13,16)(H,14,15). The van der Waals surface area contributed by atoms with E-state index >= 15 is 0 Å². The number of carbonyl (C=O) groups is 1. The molecule has 16 heavy (non-hydrogen) atoms. The van der Waals surface area contributed by atoms with Crippen molar-refractivity contribution in [3.8, 4) is 0 Å². The maximum Gasteiger partial charge on any atom is 0.233 e. The molecule has 0 spiro atoms. The Morgan fingerprint density at radius 3 is 2.25 bits per heavy atom. The van der Waals surface area contributed by atoms with Gasteiger partial charge in [0.25, 0.3) is 0 Å². The van der Waals surface area contributed by atoms with E-state index in [1.54, 1.807) is 0 Å². The van der Waals surface area contributed by atoms with Crippen molar-refractivity contribution in [2.24, 2.45) is 23.0 Å². The van der Waals surface area contributed by atoms with Crippen LogP contribution in [0, 0.1) is 17.3 Å². The Kier molecular flexibility index (Phi) is 2.95. The van der Waals surface area contributed by atoms with Gasteiger partial charge in [0.15, 0.2) is 0 Å². The molecule has 2 saturated carbocycles. The Labute approximate surface area is 102 Å². The highest BCUT2D eigenvalue weighted by Crippen LogP contribution is 2.46. The summed E-state index contributed by atoms with van der Waals surface area (Å²) in [5.41, 5.74) is 5.19. The van der Waals surface area contributed by atoms with E-state index in [1.807, 2.05) is 0 Å². The van der Waals surface area contributed by atoms with Crippen LogP contribution in [0.5, 0.6) is 0 Å². The summed E-state index contributed by atoms with van der Waals surface area (Å²) in [4.78, 5) is 12.5. The minimum Gasteiger partial charge on any atom is -0.392 e. The monoisotopic (exact) mass is 240 g/mol. The van der Waals surface area contributed by atoms with Gasteiger partial charge in [-0.25, -0.2) is 0 Å². The van der Waals surface area contributed by atoms with E-state index in [0.29, 0.717) is 16.9 Å². The molecule has 0 aromatic rings. The van der Waals surface area contributed by atoms with Crippen LogP contribution in [0.1, 0.15) is 39.5 Å². The highest BCUT2D eigenvalue weighted by atomic mass is 32.1. The van der Waals surface area contributed by atoms with Crippen LogP contribution in [0.2, 0.25) is 0 Å². The van der Waals surface area contributed by atoms with Crippen LogP contribution in [-0.2, 0) is 4.79 Å². The van der Waals surface area contributed by atoms with Crippen LogP contribution in [0.4, 0.5) is 0 Å². The number of rotatable bonds is 3. The van der Waals surface area contributed by atoms with E-state index in [9.17, 15) is 4.79 Å². The number of nitrogens with one attached hydrogen (secondary N) is 1. The number of amides is 1. The van der Waals surface area contributed by atoms with Gasteiger partial charge in [-0.1, -0.05) is 26.1 Å². The molecule has 0 aromatic carbocycles. The Morgan fingerprint density at radius 2 is 1.88 bits per heavy atom. The summed E-state index contributed by atoms with van der Waals surface area (Å²) in [7, 11) is 0. The molecule has 0 atom stereocenters. The molecule has 0 bridgehead atoms. The fourth-order valence-corrected chi connectivity index (χ4v) is 3.23. The van der Waals surface area contributed by atoms with E-state index in [-0.39, 0.29) is 5.91 Å². The minimum absolute atomic E-state index is 0.0648. The van der Waals surface area contributed by atoms with Crippen LogP contribution in [0.15, 0.2) is 0 Å². The molecule has 1 amide bonds. The van der Waals surface area contributed by atoms with Crippen molar-refractivity contribution >= 4 is 23.1 Å². The molecule has 3 nitrogen and oxygen atoms in total. The Morgan fingerprint density at radius 1 is 1.31 bits per heavy atom. The minimum atomic E-state index is -0.534. The Balaban J connectivity index is 1.94. The molecular weight excluding hydrogens is 220 g/mol. The van der Waals surface area contributed by atoms with Crippen molar-refractivity contribution < 1.29 is 4.79 Å². The quantitative estimate of drug-likeness (QED) is 0.737. The summed E-state index contributed by atoms with van der Waals surface area (Å²) in [6.07, 6.45) is 3.82. The summed E-state index contributed by atoms with van der Waals surface area (Å²) in [5, 5.41) is 3.08. The fraction of sp³-hybridized carbons (Fsp3) is 0.833. The van der Waals surface area contributed by atoms with E-state index in [4.69, 9.17) is 18.0 Å². The molecule has 0 aliphatic heterocycles. The van der Waals surface area contributed by atoms with E-state index in [1.165, 1.54) is 0 Å². The molecule has 0 aromatic heterocycles. The summed E-state index contributed by atoms with van der Waals surface area (Å²) in [5.74, 6) is 1.37. The van der Waals surface area contributed by atoms with Gasteiger partial charge in [0.1, 0.15) is 0 Å². The first-order valence-electron chi connectivity index (χ1n) is 6.05. The van der Waals surface area contributed by atoms with Crippen LogP contribution in [-0.4, -0.2) is 16.9 Å². The van der Waals surface area contributed by atoms with Crippen LogP contribution in [0.3, 0.4) is 0 Å². The van der Waals surface area contributed by atoms with Crippen LogP contribution in [0.25, 0.3) is 0 Å². The first kappa shape index (κ1) is 11.8. The van der Waals surface area contributed by atoms with Crippen LogP contribution >= 0.6 is 12.2 Å². The predicted molar refractivity (Wildman–Crippen MR) is 67.9 cm³/mol. The van der Waals surface area contributed by atoms with Crippen molar-refractivity contribution in [3.63, 3.8) is 0 Å². The summed E-state index contributed by atoms with van der Waals surface area (Å²) in [6, 6.07) is 0.352. The fourth-order valence-electron chi connectivity index (χ4n) is 2.97. The molecule has 2 aliphatic carbocycles. The van der Waals surface area contributed by atoms with Crippen molar-refractivity contribution in [3.05, 3.63) is 0 Å². The molecule has 0 radical (unpaired) electrons. The zero-order chi connectivity index (χ0) is 11.9. The van der Waals surface area contributed by atoms with Gasteiger partial charge in [-0.2, -0.15) is 0 Å². The third kappa shape index (κ3) is 1.83. The number of hydrogen-bond acceptors (Lipinski definition) is 2. The summed E-state index contributed by atoms with van der Waals surface area (Å²) < 4.78 is 0. The van der Waals surface area contributed by atoms with Crippen molar-refractivity contribution in [1.82, 2.24) is 5.32 Å². The molecule has 0 unspecified atom stereocenters.